The number of benzene rings is 1. The standard InChI is InChI=1S/C27H35F3O6/c1-19(2)35-26(33)36-25(32)14-6-4-3-5-10-20-15-16-24(31)23(20)13-7-8-17-34-22-12-9-11-21(18-22)27(28,29)30/h3,5,7,9,11-13,18-20,23-24,31H,4,6,8,10,14-17H2,1-2H3/b5-3-,13-7+/t20-,23?,24+/m0/s1. The molecule has 1 aromatic carbocycles. The largest absolute Gasteiger partial charge is 0.516 e. The third-order valence-electron chi connectivity index (χ3n) is 5.78. The van der Waals surface area contributed by atoms with Crippen molar-refractivity contribution in [2.45, 2.75) is 77.2 Å². The van der Waals surface area contributed by atoms with Crippen molar-refractivity contribution in [2.24, 2.45) is 11.8 Å². The highest BCUT2D eigenvalue weighted by molar-refractivity contribution is 5.81. The van der Waals surface area contributed by atoms with E-state index in [2.05, 4.69) is 4.74 Å². The number of aliphatic hydroxyl groups is 1. The fourth-order valence-corrected chi connectivity index (χ4v) is 4.02. The molecule has 0 saturated heterocycles. The number of carbonyl (C=O) groups is 2. The molecule has 0 aromatic heterocycles. The first-order valence-corrected chi connectivity index (χ1v) is 12.3. The maximum Gasteiger partial charge on any atom is 0.516 e. The minimum absolute atomic E-state index is 0.00477. The van der Waals surface area contributed by atoms with Gasteiger partial charge in [0, 0.05) is 12.3 Å². The van der Waals surface area contributed by atoms with Gasteiger partial charge in [-0.3, -0.25) is 4.79 Å². The second-order valence-corrected chi connectivity index (χ2v) is 9.06. The molecule has 3 atom stereocenters. The monoisotopic (exact) mass is 512 g/mol. The van der Waals surface area contributed by atoms with E-state index in [0.29, 0.717) is 25.7 Å². The Bertz CT molecular complexity index is 894. The van der Waals surface area contributed by atoms with Crippen LogP contribution in [0.2, 0.25) is 0 Å². The summed E-state index contributed by atoms with van der Waals surface area (Å²) in [4.78, 5) is 22.9. The van der Waals surface area contributed by atoms with E-state index in [1.807, 2.05) is 24.3 Å². The Morgan fingerprint density at radius 2 is 1.92 bits per heavy atom. The summed E-state index contributed by atoms with van der Waals surface area (Å²) in [5.74, 6) is -0.154. The van der Waals surface area contributed by atoms with Crippen molar-refractivity contribution in [2.75, 3.05) is 6.61 Å². The van der Waals surface area contributed by atoms with E-state index in [1.165, 1.54) is 12.1 Å². The third kappa shape index (κ3) is 10.8. The minimum atomic E-state index is -4.41. The Balaban J connectivity index is 1.68. The van der Waals surface area contributed by atoms with E-state index >= 15 is 0 Å². The SMILES string of the molecule is CC(C)OC(=O)OC(=O)CCC/C=C\C[C@H]1CC[C@@H](O)C1/C=C/CCOc1cccc(C(F)(F)F)c1. The maximum absolute atomic E-state index is 12.8. The van der Waals surface area contributed by atoms with Crippen molar-refractivity contribution in [1.82, 2.24) is 0 Å². The molecule has 1 aromatic rings. The van der Waals surface area contributed by atoms with Crippen LogP contribution in [0, 0.1) is 11.8 Å². The molecule has 0 amide bonds. The number of esters is 1. The lowest BCUT2D eigenvalue weighted by Crippen LogP contribution is -2.17. The Kier molecular flexibility index (Phi) is 12.0. The summed E-state index contributed by atoms with van der Waals surface area (Å²) in [6, 6.07) is 4.79. The van der Waals surface area contributed by atoms with E-state index in [-0.39, 0.29) is 36.7 Å². The first kappa shape index (κ1) is 29.4. The molecule has 36 heavy (non-hydrogen) atoms. The van der Waals surface area contributed by atoms with Crippen LogP contribution in [0.15, 0.2) is 48.6 Å². The fraction of sp³-hybridized carbons (Fsp3) is 0.556. The second-order valence-electron chi connectivity index (χ2n) is 9.06. The van der Waals surface area contributed by atoms with Gasteiger partial charge in [-0.15, -0.1) is 0 Å². The zero-order valence-corrected chi connectivity index (χ0v) is 20.7. The van der Waals surface area contributed by atoms with Gasteiger partial charge < -0.3 is 19.3 Å². The third-order valence-corrected chi connectivity index (χ3v) is 5.78. The lowest BCUT2D eigenvalue weighted by atomic mass is 9.91. The van der Waals surface area contributed by atoms with Crippen LogP contribution < -0.4 is 4.74 Å². The van der Waals surface area contributed by atoms with E-state index < -0.39 is 30.0 Å². The topological polar surface area (TPSA) is 82.1 Å². The molecule has 200 valence electrons. The molecule has 0 aliphatic heterocycles. The highest BCUT2D eigenvalue weighted by Gasteiger charge is 2.32. The van der Waals surface area contributed by atoms with Crippen molar-refractivity contribution in [3.8, 4) is 5.75 Å². The summed E-state index contributed by atoms with van der Waals surface area (Å²) in [6.45, 7) is 3.57. The summed E-state index contributed by atoms with van der Waals surface area (Å²) in [7, 11) is 0. The number of carbonyl (C=O) groups excluding carboxylic acids is 2. The van der Waals surface area contributed by atoms with Gasteiger partial charge in [0.1, 0.15) is 5.75 Å². The smallest absolute Gasteiger partial charge is 0.493 e. The van der Waals surface area contributed by atoms with Crippen molar-refractivity contribution in [3.63, 3.8) is 0 Å². The fourth-order valence-electron chi connectivity index (χ4n) is 4.02. The zero-order chi connectivity index (χ0) is 26.6. The number of halogens is 3. The first-order valence-electron chi connectivity index (χ1n) is 12.3. The highest BCUT2D eigenvalue weighted by Crippen LogP contribution is 2.36. The molecule has 0 spiro atoms. The van der Waals surface area contributed by atoms with E-state index in [4.69, 9.17) is 9.47 Å². The van der Waals surface area contributed by atoms with E-state index in [0.717, 1.165) is 25.0 Å². The molecule has 2 rings (SSSR count). The maximum atomic E-state index is 12.8. The number of ether oxygens (including phenoxy) is 3. The van der Waals surface area contributed by atoms with Gasteiger partial charge in [-0.1, -0.05) is 30.4 Å². The van der Waals surface area contributed by atoms with Crippen molar-refractivity contribution in [3.05, 3.63) is 54.1 Å². The van der Waals surface area contributed by atoms with Gasteiger partial charge >= 0.3 is 18.3 Å². The average molecular weight is 513 g/mol. The summed E-state index contributed by atoms with van der Waals surface area (Å²) >= 11 is 0. The molecular weight excluding hydrogens is 477 g/mol. The Morgan fingerprint density at radius 1 is 1.14 bits per heavy atom. The van der Waals surface area contributed by atoms with Gasteiger partial charge in [-0.25, -0.2) is 4.79 Å². The molecule has 6 nitrogen and oxygen atoms in total. The van der Waals surface area contributed by atoms with Crippen LogP contribution in [0.4, 0.5) is 18.0 Å². The summed E-state index contributed by atoms with van der Waals surface area (Å²) in [5.41, 5.74) is -0.744. The second kappa shape index (κ2) is 14.7. The van der Waals surface area contributed by atoms with Crippen molar-refractivity contribution in [1.29, 1.82) is 0 Å². The summed E-state index contributed by atoms with van der Waals surface area (Å²) in [6.07, 6.45) is 5.98. The summed E-state index contributed by atoms with van der Waals surface area (Å²) < 4.78 is 53.1. The molecule has 1 fully saturated rings. The van der Waals surface area contributed by atoms with Crippen molar-refractivity contribution >= 4 is 12.1 Å². The van der Waals surface area contributed by atoms with E-state index in [9.17, 15) is 27.9 Å². The number of hydrogen-bond acceptors (Lipinski definition) is 6. The average Bonchev–Trinajstić information content (AvgIpc) is 3.14. The molecule has 1 N–H and O–H groups in total. The van der Waals surface area contributed by atoms with Crippen LogP contribution >= 0.6 is 0 Å². The predicted molar refractivity (Wildman–Crippen MR) is 128 cm³/mol. The number of aliphatic hydroxyl groups excluding tert-OH is 1. The van der Waals surface area contributed by atoms with Crippen LogP contribution in [0.3, 0.4) is 0 Å². The zero-order valence-electron chi connectivity index (χ0n) is 20.7. The van der Waals surface area contributed by atoms with Gasteiger partial charge in [-0.2, -0.15) is 13.2 Å². The predicted octanol–water partition coefficient (Wildman–Crippen LogP) is 6.62. The molecule has 0 heterocycles. The van der Waals surface area contributed by atoms with Crippen LogP contribution in [0.1, 0.15) is 64.4 Å². The molecule has 9 heteroatoms. The molecule has 1 aliphatic carbocycles. The number of unbranched alkanes of at least 4 members (excludes halogenated alkanes) is 1. The quantitative estimate of drug-likeness (QED) is 0.147. The molecule has 0 radical (unpaired) electrons. The number of alkyl halides is 3. The Labute approximate surface area is 210 Å². The molecule has 1 saturated carbocycles. The van der Waals surface area contributed by atoms with Gasteiger partial charge in [-0.05, 0) is 76.5 Å². The minimum Gasteiger partial charge on any atom is -0.493 e. The van der Waals surface area contributed by atoms with Gasteiger partial charge in [0.15, 0.2) is 0 Å². The Morgan fingerprint density at radius 3 is 2.64 bits per heavy atom. The van der Waals surface area contributed by atoms with Crippen molar-refractivity contribution < 1.29 is 42.1 Å². The van der Waals surface area contributed by atoms with Gasteiger partial charge in [0.05, 0.1) is 24.4 Å². The van der Waals surface area contributed by atoms with Crippen LogP contribution in [0.25, 0.3) is 0 Å². The van der Waals surface area contributed by atoms with Crippen LogP contribution in [-0.4, -0.2) is 36.0 Å². The number of allylic oxidation sites excluding steroid dienone is 2. The number of hydrogen-bond donors (Lipinski definition) is 1. The number of rotatable bonds is 12. The highest BCUT2D eigenvalue weighted by atomic mass is 19.4. The van der Waals surface area contributed by atoms with Crippen LogP contribution in [-0.2, 0) is 20.4 Å². The molecule has 0 bridgehead atoms. The summed E-state index contributed by atoms with van der Waals surface area (Å²) in [5, 5.41) is 10.3. The normalized spacial score (nSPS) is 20.4. The van der Waals surface area contributed by atoms with E-state index in [1.54, 1.807) is 13.8 Å². The Hall–Kier alpha value is -2.81. The molecular formula is C27H35F3O6. The lowest BCUT2D eigenvalue weighted by molar-refractivity contribution is -0.140. The van der Waals surface area contributed by atoms with Gasteiger partial charge in [0.25, 0.3) is 0 Å². The molecule has 1 aliphatic rings. The van der Waals surface area contributed by atoms with Gasteiger partial charge in [0.2, 0.25) is 0 Å². The van der Waals surface area contributed by atoms with Crippen LogP contribution in [0.5, 0.6) is 5.75 Å². The first-order chi connectivity index (χ1) is 17.1. The lowest BCUT2D eigenvalue weighted by Gasteiger charge is -2.17. The molecule has 1 unspecified atom stereocenters.